The molecule has 0 bridgehead atoms. The Morgan fingerprint density at radius 3 is 2.60 bits per heavy atom. The minimum absolute atomic E-state index is 0.216. The molecular weight excluding hydrogens is 341 g/mol. The Morgan fingerprint density at radius 2 is 1.92 bits per heavy atom. The minimum atomic E-state index is -3.49. The second-order valence-electron chi connectivity index (χ2n) is 7.05. The van der Waals surface area contributed by atoms with E-state index < -0.39 is 15.8 Å². The Kier molecular flexibility index (Phi) is 4.37. The quantitative estimate of drug-likeness (QED) is 0.784. The molecule has 0 atom stereocenters. The van der Waals surface area contributed by atoms with E-state index in [1.54, 1.807) is 6.07 Å². The van der Waals surface area contributed by atoms with Gasteiger partial charge in [0, 0.05) is 24.1 Å². The van der Waals surface area contributed by atoms with Gasteiger partial charge in [0.15, 0.2) is 0 Å². The molecule has 0 amide bonds. The molecule has 5 nitrogen and oxygen atoms in total. The van der Waals surface area contributed by atoms with E-state index in [9.17, 15) is 12.8 Å². The van der Waals surface area contributed by atoms with Crippen molar-refractivity contribution >= 4 is 10.0 Å². The number of hydrogen-bond donors (Lipinski definition) is 1. The van der Waals surface area contributed by atoms with Crippen molar-refractivity contribution in [3.05, 3.63) is 53.1 Å². The van der Waals surface area contributed by atoms with E-state index in [-0.39, 0.29) is 5.75 Å². The Bertz CT molecular complexity index is 870. The molecule has 1 N–H and O–H groups in total. The summed E-state index contributed by atoms with van der Waals surface area (Å²) in [6.07, 6.45) is 4.81. The lowest BCUT2D eigenvalue weighted by Crippen LogP contribution is -2.29. The summed E-state index contributed by atoms with van der Waals surface area (Å²) in [5, 5.41) is 4.68. The first-order chi connectivity index (χ1) is 12.0. The van der Waals surface area contributed by atoms with Gasteiger partial charge >= 0.3 is 0 Å². The zero-order chi connectivity index (χ0) is 17.4. The topological polar surface area (TPSA) is 64.0 Å². The summed E-state index contributed by atoms with van der Waals surface area (Å²) in [4.78, 5) is 0. The van der Waals surface area contributed by atoms with Crippen molar-refractivity contribution in [2.45, 2.75) is 49.8 Å². The number of aromatic nitrogens is 2. The van der Waals surface area contributed by atoms with E-state index in [2.05, 4.69) is 15.9 Å². The normalized spacial score (nSPS) is 17.8. The number of nitrogens with one attached hydrogen (secondary N) is 1. The first kappa shape index (κ1) is 16.7. The highest BCUT2D eigenvalue weighted by molar-refractivity contribution is 7.88. The van der Waals surface area contributed by atoms with Gasteiger partial charge in [-0.05, 0) is 49.4 Å². The van der Waals surface area contributed by atoms with Crippen LogP contribution < -0.4 is 4.72 Å². The molecule has 2 aromatic rings. The molecule has 1 heterocycles. The van der Waals surface area contributed by atoms with Gasteiger partial charge in [0.25, 0.3) is 0 Å². The maximum absolute atomic E-state index is 13.2. The van der Waals surface area contributed by atoms with Crippen LogP contribution in [0.3, 0.4) is 0 Å². The molecule has 2 aliphatic rings. The van der Waals surface area contributed by atoms with E-state index in [1.807, 2.05) is 4.68 Å². The summed E-state index contributed by atoms with van der Waals surface area (Å²) >= 11 is 0. The minimum Gasteiger partial charge on any atom is -0.268 e. The smallest absolute Gasteiger partial charge is 0.215 e. The SMILES string of the molecule is O=S(=O)(Cc1cccc(F)c1)NCCn1nc(C2CC2)cc1C1CC1. The Balaban J connectivity index is 1.37. The van der Waals surface area contributed by atoms with Gasteiger partial charge in [0.1, 0.15) is 5.82 Å². The van der Waals surface area contributed by atoms with Crippen LogP contribution in [-0.2, 0) is 22.3 Å². The van der Waals surface area contributed by atoms with Crippen molar-refractivity contribution < 1.29 is 12.8 Å². The predicted octanol–water partition coefficient (Wildman–Crippen LogP) is 2.90. The van der Waals surface area contributed by atoms with Crippen molar-refractivity contribution in [3.63, 3.8) is 0 Å². The van der Waals surface area contributed by atoms with Gasteiger partial charge < -0.3 is 0 Å². The number of hydrogen-bond acceptors (Lipinski definition) is 3. The van der Waals surface area contributed by atoms with Gasteiger partial charge in [-0.15, -0.1) is 0 Å². The van der Waals surface area contributed by atoms with Crippen molar-refractivity contribution in [2.75, 3.05) is 6.54 Å². The van der Waals surface area contributed by atoms with Crippen LogP contribution in [0.25, 0.3) is 0 Å². The van der Waals surface area contributed by atoms with Crippen LogP contribution in [0.5, 0.6) is 0 Å². The van der Waals surface area contributed by atoms with Crippen molar-refractivity contribution in [1.82, 2.24) is 14.5 Å². The summed E-state index contributed by atoms with van der Waals surface area (Å²) < 4.78 is 42.1. The first-order valence-electron chi connectivity index (χ1n) is 8.79. The van der Waals surface area contributed by atoms with E-state index in [0.29, 0.717) is 30.5 Å². The molecule has 0 aliphatic heterocycles. The molecule has 2 fully saturated rings. The summed E-state index contributed by atoms with van der Waals surface area (Å²) in [5.41, 5.74) is 2.84. The molecule has 1 aromatic carbocycles. The fourth-order valence-electron chi connectivity index (χ4n) is 3.12. The van der Waals surface area contributed by atoms with E-state index in [4.69, 9.17) is 0 Å². The third-order valence-electron chi connectivity index (χ3n) is 4.71. The first-order valence-corrected chi connectivity index (χ1v) is 10.4. The molecule has 0 unspecified atom stereocenters. The molecule has 7 heteroatoms. The maximum Gasteiger partial charge on any atom is 0.215 e. The number of sulfonamides is 1. The van der Waals surface area contributed by atoms with Crippen LogP contribution in [0.15, 0.2) is 30.3 Å². The molecule has 0 spiro atoms. The largest absolute Gasteiger partial charge is 0.268 e. The Morgan fingerprint density at radius 1 is 1.16 bits per heavy atom. The monoisotopic (exact) mass is 363 g/mol. The second-order valence-corrected chi connectivity index (χ2v) is 8.86. The maximum atomic E-state index is 13.2. The Labute approximate surface area is 147 Å². The molecule has 25 heavy (non-hydrogen) atoms. The third-order valence-corrected chi connectivity index (χ3v) is 6.07. The molecule has 134 valence electrons. The molecule has 2 saturated carbocycles. The molecule has 0 saturated heterocycles. The molecular formula is C18H22FN3O2S. The number of rotatable bonds is 8. The molecule has 0 radical (unpaired) electrons. The van der Waals surface area contributed by atoms with E-state index >= 15 is 0 Å². The lowest BCUT2D eigenvalue weighted by Gasteiger charge is -2.09. The fraction of sp³-hybridized carbons (Fsp3) is 0.500. The van der Waals surface area contributed by atoms with Crippen molar-refractivity contribution in [1.29, 1.82) is 0 Å². The van der Waals surface area contributed by atoms with Crippen LogP contribution in [0.1, 0.15) is 54.5 Å². The highest BCUT2D eigenvalue weighted by Crippen LogP contribution is 2.44. The van der Waals surface area contributed by atoms with Gasteiger partial charge in [-0.1, -0.05) is 12.1 Å². The third kappa shape index (κ3) is 4.27. The average Bonchev–Trinajstić information content (AvgIpc) is 3.46. The summed E-state index contributed by atoms with van der Waals surface area (Å²) in [6, 6.07) is 7.89. The standard InChI is InChI=1S/C18H22FN3O2S/c19-16-3-1-2-13(10-16)12-25(23,24)20-8-9-22-18(15-6-7-15)11-17(21-22)14-4-5-14/h1-3,10-11,14-15,20H,4-9,12H2. The second kappa shape index (κ2) is 6.53. The lowest BCUT2D eigenvalue weighted by atomic mass is 10.2. The van der Waals surface area contributed by atoms with Gasteiger partial charge in [-0.2, -0.15) is 5.10 Å². The van der Waals surface area contributed by atoms with Crippen LogP contribution in [0.4, 0.5) is 4.39 Å². The highest BCUT2D eigenvalue weighted by atomic mass is 32.2. The summed E-state index contributed by atoms with van der Waals surface area (Å²) in [5.74, 6) is 0.547. The van der Waals surface area contributed by atoms with Crippen LogP contribution in [-0.4, -0.2) is 24.7 Å². The van der Waals surface area contributed by atoms with Gasteiger partial charge in [-0.3, -0.25) is 4.68 Å². The number of halogens is 1. The number of nitrogens with zero attached hydrogens (tertiary/aromatic N) is 2. The van der Waals surface area contributed by atoms with E-state index in [0.717, 1.165) is 5.69 Å². The van der Waals surface area contributed by atoms with Crippen LogP contribution >= 0.6 is 0 Å². The van der Waals surface area contributed by atoms with Gasteiger partial charge in [0.05, 0.1) is 18.0 Å². The molecule has 2 aliphatic carbocycles. The van der Waals surface area contributed by atoms with Crippen LogP contribution in [0, 0.1) is 5.82 Å². The van der Waals surface area contributed by atoms with Crippen LogP contribution in [0.2, 0.25) is 0 Å². The van der Waals surface area contributed by atoms with Gasteiger partial charge in [0.2, 0.25) is 10.0 Å². The van der Waals surface area contributed by atoms with E-state index in [1.165, 1.54) is 49.6 Å². The zero-order valence-corrected chi connectivity index (χ0v) is 14.8. The predicted molar refractivity (Wildman–Crippen MR) is 93.2 cm³/mol. The fourth-order valence-corrected chi connectivity index (χ4v) is 4.24. The zero-order valence-electron chi connectivity index (χ0n) is 14.0. The Hall–Kier alpha value is -1.73. The lowest BCUT2D eigenvalue weighted by molar-refractivity contribution is 0.547. The van der Waals surface area contributed by atoms with Crippen molar-refractivity contribution in [3.8, 4) is 0 Å². The highest BCUT2D eigenvalue weighted by Gasteiger charge is 2.32. The molecule has 1 aromatic heterocycles. The molecule has 4 rings (SSSR count). The van der Waals surface area contributed by atoms with Crippen molar-refractivity contribution in [2.24, 2.45) is 0 Å². The summed E-state index contributed by atoms with van der Waals surface area (Å²) in [6.45, 7) is 0.824. The van der Waals surface area contributed by atoms with Gasteiger partial charge in [-0.25, -0.2) is 17.5 Å². The average molecular weight is 363 g/mol. The summed E-state index contributed by atoms with van der Waals surface area (Å²) in [7, 11) is -3.49. The number of benzene rings is 1.